The number of H-pyrrole nitrogens is 1. The lowest BCUT2D eigenvalue weighted by Crippen LogP contribution is -2.42. The quantitative estimate of drug-likeness (QED) is 0.306. The lowest BCUT2D eigenvalue weighted by Gasteiger charge is -2.25. The predicted molar refractivity (Wildman–Crippen MR) is 154 cm³/mol. The zero-order valence-electron chi connectivity index (χ0n) is 23.7. The maximum atomic E-state index is 14.0. The highest BCUT2D eigenvalue weighted by atomic mass is 16.5. The minimum absolute atomic E-state index is 0.0361. The number of fused-ring (bicyclic) bond motifs is 3. The second-order valence-corrected chi connectivity index (χ2v) is 10.2. The Bertz CT molecular complexity index is 1670. The van der Waals surface area contributed by atoms with E-state index in [9.17, 15) is 9.59 Å². The molecule has 0 saturated heterocycles. The maximum absolute atomic E-state index is 14.0. The summed E-state index contributed by atoms with van der Waals surface area (Å²) in [5.41, 5.74) is 7.79. The Morgan fingerprint density at radius 2 is 1.88 bits per heavy atom. The van der Waals surface area contributed by atoms with E-state index in [2.05, 4.69) is 29.3 Å². The van der Waals surface area contributed by atoms with E-state index in [1.54, 1.807) is 28.5 Å². The van der Waals surface area contributed by atoms with E-state index in [1.165, 1.54) is 0 Å². The van der Waals surface area contributed by atoms with Gasteiger partial charge in [-0.1, -0.05) is 17.7 Å². The first kappa shape index (κ1) is 27.2. The molecular formula is C31H35N5O4. The first-order valence-corrected chi connectivity index (χ1v) is 13.6. The molecule has 2 aromatic carbocycles. The second kappa shape index (κ2) is 11.4. The third-order valence-electron chi connectivity index (χ3n) is 7.31. The number of aryl methyl sites for hydroxylation is 4. The third-order valence-corrected chi connectivity index (χ3v) is 7.31. The number of hydrogen-bond donors (Lipinski definition) is 1. The molecule has 0 fully saturated rings. The molecule has 0 aliphatic carbocycles. The zero-order valence-corrected chi connectivity index (χ0v) is 23.7. The van der Waals surface area contributed by atoms with Crippen LogP contribution in [-0.4, -0.2) is 38.8 Å². The molecule has 0 radical (unpaired) electrons. The molecule has 4 aromatic rings. The van der Waals surface area contributed by atoms with E-state index in [0.29, 0.717) is 61.6 Å². The second-order valence-electron chi connectivity index (χ2n) is 10.2. The summed E-state index contributed by atoms with van der Waals surface area (Å²) in [6, 6.07) is 11.8. The van der Waals surface area contributed by atoms with Crippen LogP contribution in [0.2, 0.25) is 0 Å². The van der Waals surface area contributed by atoms with Gasteiger partial charge in [0.25, 0.3) is 0 Å². The van der Waals surface area contributed by atoms with Gasteiger partial charge in [-0.15, -0.1) is 0 Å². The maximum Gasteiger partial charge on any atom is 0.330 e. The fourth-order valence-corrected chi connectivity index (χ4v) is 5.48. The van der Waals surface area contributed by atoms with Crippen LogP contribution in [0.5, 0.6) is 11.5 Å². The number of methoxy groups -OCH3 is 1. The number of aromatic nitrogens is 4. The number of ketones is 1. The van der Waals surface area contributed by atoms with Gasteiger partial charge in [-0.25, -0.2) is 9.79 Å². The molecule has 40 heavy (non-hydrogen) atoms. The van der Waals surface area contributed by atoms with Gasteiger partial charge in [-0.3, -0.25) is 19.0 Å². The van der Waals surface area contributed by atoms with Gasteiger partial charge in [0.1, 0.15) is 11.2 Å². The summed E-state index contributed by atoms with van der Waals surface area (Å²) in [6.45, 7) is 9.51. The summed E-state index contributed by atoms with van der Waals surface area (Å²) in [4.78, 5) is 31.6. The molecule has 0 saturated carbocycles. The number of hydrogen-bond acceptors (Lipinski definition) is 6. The van der Waals surface area contributed by atoms with Gasteiger partial charge in [0.15, 0.2) is 17.3 Å². The average Bonchev–Trinajstić information content (AvgIpc) is 3.47. The fourth-order valence-electron chi connectivity index (χ4n) is 5.48. The molecule has 0 amide bonds. The molecule has 9 heteroatoms. The van der Waals surface area contributed by atoms with Gasteiger partial charge in [0.05, 0.1) is 25.1 Å². The smallest absolute Gasteiger partial charge is 0.330 e. The van der Waals surface area contributed by atoms with E-state index in [-0.39, 0.29) is 11.5 Å². The topological polar surface area (TPSA) is 104 Å². The number of carbonyl (C=O) groups is 1. The first-order chi connectivity index (χ1) is 19.3. The first-order valence-electron chi connectivity index (χ1n) is 13.6. The van der Waals surface area contributed by atoms with Gasteiger partial charge in [-0.05, 0) is 75.4 Å². The van der Waals surface area contributed by atoms with E-state index in [4.69, 9.17) is 14.5 Å². The Labute approximate surface area is 233 Å². The van der Waals surface area contributed by atoms with Crippen molar-refractivity contribution in [1.82, 2.24) is 19.3 Å². The van der Waals surface area contributed by atoms with Crippen LogP contribution in [0.15, 0.2) is 52.4 Å². The van der Waals surface area contributed by atoms with Crippen LogP contribution in [0.4, 0.5) is 5.69 Å². The van der Waals surface area contributed by atoms with Crippen molar-refractivity contribution in [1.29, 1.82) is 0 Å². The Morgan fingerprint density at radius 3 is 2.55 bits per heavy atom. The van der Waals surface area contributed by atoms with Gasteiger partial charge in [0.2, 0.25) is 0 Å². The minimum Gasteiger partial charge on any atom is -0.493 e. The summed E-state index contributed by atoms with van der Waals surface area (Å²) in [5, 5.41) is 6.59. The predicted octanol–water partition coefficient (Wildman–Crippen LogP) is 4.82. The van der Waals surface area contributed by atoms with Crippen molar-refractivity contribution >= 4 is 11.5 Å². The molecule has 3 heterocycles. The van der Waals surface area contributed by atoms with Crippen LogP contribution in [0, 0.1) is 20.8 Å². The molecular weight excluding hydrogens is 506 g/mol. The van der Waals surface area contributed by atoms with E-state index in [1.807, 2.05) is 39.0 Å². The molecule has 0 unspecified atom stereocenters. The molecule has 2 aromatic heterocycles. The molecule has 208 valence electrons. The van der Waals surface area contributed by atoms with Gasteiger partial charge >= 0.3 is 5.69 Å². The summed E-state index contributed by atoms with van der Waals surface area (Å²) < 4.78 is 14.9. The fraction of sp³-hybridized carbons (Fsp3) is 0.355. The Morgan fingerprint density at radius 1 is 1.10 bits per heavy atom. The standard InChI is InChI=1S/C31H35N5O4/c1-6-40-28-16-22-10-13-35-25(23(22)17-27(28)39-5)18-29(33-30-20(3)14-19(2)15-21(30)4)36(31(35)38)12-7-8-26(37)24-9-11-32-34-24/h9,11,14-18H,6-8,10,12-13H2,1-5H3,(H,32,34). The number of ether oxygens (including phenoxy) is 2. The van der Waals surface area contributed by atoms with Crippen molar-refractivity contribution in [2.24, 2.45) is 4.99 Å². The number of rotatable bonds is 9. The number of carbonyl (C=O) groups excluding carboxylic acids is 1. The van der Waals surface area contributed by atoms with Crippen LogP contribution in [0.25, 0.3) is 11.3 Å². The number of aromatic amines is 1. The molecule has 1 aliphatic heterocycles. The van der Waals surface area contributed by atoms with Crippen molar-refractivity contribution in [3.63, 3.8) is 0 Å². The molecule has 0 bridgehead atoms. The zero-order chi connectivity index (χ0) is 28.4. The highest BCUT2D eigenvalue weighted by Crippen LogP contribution is 2.37. The SMILES string of the molecule is CCOc1cc2c(cc1OC)-c1cc(=Nc3c(C)cc(C)cc3C)n(CCCC(=O)c3ccn[nH]3)c(=O)n1CC2. The minimum atomic E-state index is -0.147. The van der Waals surface area contributed by atoms with Crippen molar-refractivity contribution in [3.8, 4) is 22.8 Å². The number of nitrogens with zero attached hydrogens (tertiary/aromatic N) is 4. The molecule has 9 nitrogen and oxygen atoms in total. The number of Topliss-reactive ketones (excluding diaryl/α,β-unsaturated/α-hetero) is 1. The Balaban J connectivity index is 1.64. The number of nitrogens with one attached hydrogen (secondary N) is 1. The summed E-state index contributed by atoms with van der Waals surface area (Å²) in [5.74, 6) is 1.29. The Hall–Kier alpha value is -4.40. The summed E-state index contributed by atoms with van der Waals surface area (Å²) in [6.07, 6.45) is 3.04. The van der Waals surface area contributed by atoms with Crippen molar-refractivity contribution < 1.29 is 14.3 Å². The number of benzene rings is 2. The van der Waals surface area contributed by atoms with Crippen molar-refractivity contribution in [3.05, 3.63) is 86.5 Å². The van der Waals surface area contributed by atoms with Crippen LogP contribution in [0.1, 0.15) is 52.5 Å². The van der Waals surface area contributed by atoms with Crippen molar-refractivity contribution in [2.45, 2.75) is 60.0 Å². The lowest BCUT2D eigenvalue weighted by atomic mass is 9.97. The normalized spacial score (nSPS) is 12.7. The van der Waals surface area contributed by atoms with Gasteiger partial charge in [-0.2, -0.15) is 5.10 Å². The van der Waals surface area contributed by atoms with E-state index < -0.39 is 0 Å². The average molecular weight is 542 g/mol. The summed E-state index contributed by atoms with van der Waals surface area (Å²) in [7, 11) is 1.62. The van der Waals surface area contributed by atoms with Gasteiger partial charge < -0.3 is 9.47 Å². The molecule has 0 atom stereocenters. The summed E-state index contributed by atoms with van der Waals surface area (Å²) >= 11 is 0. The highest BCUT2D eigenvalue weighted by Gasteiger charge is 2.23. The molecule has 1 aliphatic rings. The lowest BCUT2D eigenvalue weighted by molar-refractivity contribution is 0.0973. The third kappa shape index (κ3) is 5.23. The molecule has 5 rings (SSSR count). The monoisotopic (exact) mass is 541 g/mol. The van der Waals surface area contributed by atoms with Gasteiger partial charge in [0, 0.05) is 37.3 Å². The van der Waals surface area contributed by atoms with Crippen LogP contribution < -0.4 is 20.7 Å². The van der Waals surface area contributed by atoms with Crippen LogP contribution in [0.3, 0.4) is 0 Å². The molecule has 1 N–H and O–H groups in total. The van der Waals surface area contributed by atoms with E-state index in [0.717, 1.165) is 39.2 Å². The van der Waals surface area contributed by atoms with Crippen LogP contribution in [-0.2, 0) is 19.5 Å². The van der Waals surface area contributed by atoms with Crippen molar-refractivity contribution in [2.75, 3.05) is 13.7 Å². The highest BCUT2D eigenvalue weighted by molar-refractivity contribution is 5.94. The van der Waals surface area contributed by atoms with Crippen LogP contribution >= 0.6 is 0 Å². The van der Waals surface area contributed by atoms with E-state index >= 15 is 0 Å². The Kier molecular flexibility index (Phi) is 7.73. The molecule has 0 spiro atoms. The largest absolute Gasteiger partial charge is 0.493 e.